The molecule has 0 radical (unpaired) electrons. The van der Waals surface area contributed by atoms with Crippen LogP contribution in [-0.4, -0.2) is 50.3 Å². The largest absolute Gasteiger partial charge is 0.375 e. The normalized spacial score (nSPS) is 22.9. The fourth-order valence-corrected chi connectivity index (χ4v) is 1.61. The van der Waals surface area contributed by atoms with E-state index in [1.807, 2.05) is 4.90 Å². The lowest BCUT2D eigenvalue weighted by Gasteiger charge is -2.39. The molecule has 1 saturated heterocycles. The number of hydrogen-bond acceptors (Lipinski definition) is 3. The van der Waals surface area contributed by atoms with E-state index < -0.39 is 0 Å². The van der Waals surface area contributed by atoms with E-state index in [0.29, 0.717) is 19.7 Å². The van der Waals surface area contributed by atoms with Gasteiger partial charge in [-0.3, -0.25) is 4.79 Å². The first-order chi connectivity index (χ1) is 6.95. The molecule has 88 valence electrons. The van der Waals surface area contributed by atoms with Crippen molar-refractivity contribution in [2.75, 3.05) is 33.4 Å². The van der Waals surface area contributed by atoms with Gasteiger partial charge in [-0.2, -0.15) is 0 Å². The molecule has 4 heteroatoms. The average molecular weight is 215 g/mol. The molecule has 1 fully saturated rings. The van der Waals surface area contributed by atoms with E-state index in [1.165, 1.54) is 0 Å². The van der Waals surface area contributed by atoms with E-state index in [-0.39, 0.29) is 24.0 Å². The number of methoxy groups -OCH3 is 1. The third-order valence-electron chi connectivity index (χ3n) is 2.65. The molecule has 0 aliphatic carbocycles. The minimum Gasteiger partial charge on any atom is -0.375 e. The summed E-state index contributed by atoms with van der Waals surface area (Å²) < 4.78 is 10.5. The van der Waals surface area contributed by atoms with Gasteiger partial charge in [0.15, 0.2) is 0 Å². The van der Waals surface area contributed by atoms with Gasteiger partial charge in [-0.25, -0.2) is 0 Å². The smallest absolute Gasteiger partial charge is 0.248 e. The van der Waals surface area contributed by atoms with Crippen molar-refractivity contribution in [1.82, 2.24) is 4.90 Å². The number of hydrogen-bond donors (Lipinski definition) is 0. The van der Waals surface area contributed by atoms with Gasteiger partial charge in [-0.05, 0) is 5.41 Å². The Kier molecular flexibility index (Phi) is 4.11. The van der Waals surface area contributed by atoms with Crippen LogP contribution >= 0.6 is 0 Å². The molecule has 1 atom stereocenters. The van der Waals surface area contributed by atoms with Crippen molar-refractivity contribution in [3.63, 3.8) is 0 Å². The summed E-state index contributed by atoms with van der Waals surface area (Å²) in [6.45, 7) is 8.51. The second kappa shape index (κ2) is 4.94. The van der Waals surface area contributed by atoms with Crippen LogP contribution in [0.3, 0.4) is 0 Å². The minimum atomic E-state index is 0.0510. The zero-order valence-electron chi connectivity index (χ0n) is 10.1. The number of carbonyl (C=O) groups excluding carboxylic acids is 1. The number of amides is 1. The van der Waals surface area contributed by atoms with Gasteiger partial charge in [-0.1, -0.05) is 20.8 Å². The van der Waals surface area contributed by atoms with Gasteiger partial charge in [0.1, 0.15) is 6.61 Å². The van der Waals surface area contributed by atoms with Crippen molar-refractivity contribution in [3.8, 4) is 0 Å². The molecule has 0 saturated carbocycles. The predicted molar refractivity (Wildman–Crippen MR) is 57.7 cm³/mol. The maximum absolute atomic E-state index is 11.6. The molecule has 0 N–H and O–H groups in total. The summed E-state index contributed by atoms with van der Waals surface area (Å²) in [5.41, 5.74) is 0.0754. The quantitative estimate of drug-likeness (QED) is 0.687. The Hall–Kier alpha value is -0.610. The Morgan fingerprint density at radius 3 is 2.73 bits per heavy atom. The van der Waals surface area contributed by atoms with Gasteiger partial charge in [0, 0.05) is 20.2 Å². The van der Waals surface area contributed by atoms with Crippen molar-refractivity contribution in [2.45, 2.75) is 26.9 Å². The highest BCUT2D eigenvalue weighted by Crippen LogP contribution is 2.25. The van der Waals surface area contributed by atoms with Crippen molar-refractivity contribution in [2.24, 2.45) is 5.41 Å². The first-order valence-electron chi connectivity index (χ1n) is 5.33. The zero-order chi connectivity index (χ0) is 11.5. The maximum Gasteiger partial charge on any atom is 0.248 e. The first-order valence-corrected chi connectivity index (χ1v) is 5.33. The number of rotatable bonds is 2. The van der Waals surface area contributed by atoms with Crippen molar-refractivity contribution < 1.29 is 14.3 Å². The lowest BCUT2D eigenvalue weighted by molar-refractivity contribution is -0.147. The lowest BCUT2D eigenvalue weighted by Crippen LogP contribution is -2.50. The molecule has 1 rings (SSSR count). The molecule has 0 aromatic heterocycles. The molecular weight excluding hydrogens is 194 g/mol. The maximum atomic E-state index is 11.6. The first kappa shape index (κ1) is 12.5. The highest BCUT2D eigenvalue weighted by atomic mass is 16.5. The second-order valence-corrected chi connectivity index (χ2v) is 5.00. The Morgan fingerprint density at radius 1 is 1.53 bits per heavy atom. The van der Waals surface area contributed by atoms with Crippen LogP contribution in [0.15, 0.2) is 0 Å². The molecule has 15 heavy (non-hydrogen) atoms. The molecule has 1 aliphatic rings. The minimum absolute atomic E-state index is 0.0510. The highest BCUT2D eigenvalue weighted by molar-refractivity contribution is 5.77. The Bertz CT molecular complexity index is 222. The Balaban J connectivity index is 2.52. The third-order valence-corrected chi connectivity index (χ3v) is 2.65. The standard InChI is InChI=1S/C11H21NO3/c1-11(2,3)9-7-12(5-6-15-9)10(13)8-14-4/h9H,5-8H2,1-4H3. The van der Waals surface area contributed by atoms with E-state index in [9.17, 15) is 4.79 Å². The van der Waals surface area contributed by atoms with Crippen LogP contribution in [0, 0.1) is 5.41 Å². The molecule has 4 nitrogen and oxygen atoms in total. The topological polar surface area (TPSA) is 38.8 Å². The summed E-state index contributed by atoms with van der Waals surface area (Å²) in [6.07, 6.45) is 0.118. The third kappa shape index (κ3) is 3.47. The molecule has 0 aromatic rings. The summed E-state index contributed by atoms with van der Waals surface area (Å²) >= 11 is 0. The van der Waals surface area contributed by atoms with Gasteiger partial charge in [-0.15, -0.1) is 0 Å². The number of nitrogens with zero attached hydrogens (tertiary/aromatic N) is 1. The average Bonchev–Trinajstić information content (AvgIpc) is 2.17. The van der Waals surface area contributed by atoms with Gasteiger partial charge in [0.25, 0.3) is 0 Å². The summed E-state index contributed by atoms with van der Waals surface area (Å²) in [5.74, 6) is 0.0510. The molecule has 0 bridgehead atoms. The summed E-state index contributed by atoms with van der Waals surface area (Å²) in [6, 6.07) is 0. The monoisotopic (exact) mass is 215 g/mol. The Morgan fingerprint density at radius 2 is 2.20 bits per heavy atom. The molecule has 1 heterocycles. The molecular formula is C11H21NO3. The van der Waals surface area contributed by atoms with Crippen molar-refractivity contribution >= 4 is 5.91 Å². The van der Waals surface area contributed by atoms with Crippen LogP contribution in [-0.2, 0) is 14.3 Å². The zero-order valence-corrected chi connectivity index (χ0v) is 10.1. The highest BCUT2D eigenvalue weighted by Gasteiger charge is 2.32. The summed E-state index contributed by atoms with van der Waals surface area (Å²) in [5, 5.41) is 0. The van der Waals surface area contributed by atoms with Crippen LogP contribution in [0.1, 0.15) is 20.8 Å². The van der Waals surface area contributed by atoms with Gasteiger partial charge in [0.2, 0.25) is 5.91 Å². The van der Waals surface area contributed by atoms with Crippen LogP contribution in [0.2, 0.25) is 0 Å². The van der Waals surface area contributed by atoms with E-state index in [4.69, 9.17) is 9.47 Å². The van der Waals surface area contributed by atoms with E-state index in [1.54, 1.807) is 7.11 Å². The van der Waals surface area contributed by atoms with Crippen LogP contribution < -0.4 is 0 Å². The number of ether oxygens (including phenoxy) is 2. The van der Waals surface area contributed by atoms with E-state index in [2.05, 4.69) is 20.8 Å². The van der Waals surface area contributed by atoms with Gasteiger partial charge < -0.3 is 14.4 Å². The van der Waals surface area contributed by atoms with E-state index >= 15 is 0 Å². The molecule has 1 unspecified atom stereocenters. The number of carbonyl (C=O) groups is 1. The van der Waals surface area contributed by atoms with Gasteiger partial charge in [0.05, 0.1) is 12.7 Å². The second-order valence-electron chi connectivity index (χ2n) is 5.00. The fraction of sp³-hybridized carbons (Fsp3) is 0.909. The summed E-state index contributed by atoms with van der Waals surface area (Å²) in [7, 11) is 1.54. The molecule has 1 amide bonds. The lowest BCUT2D eigenvalue weighted by atomic mass is 9.88. The van der Waals surface area contributed by atoms with Crippen LogP contribution in [0.25, 0.3) is 0 Å². The molecule has 0 spiro atoms. The fourth-order valence-electron chi connectivity index (χ4n) is 1.61. The van der Waals surface area contributed by atoms with E-state index in [0.717, 1.165) is 0 Å². The SMILES string of the molecule is COCC(=O)N1CCOC(C(C)(C)C)C1. The van der Waals surface area contributed by atoms with Gasteiger partial charge >= 0.3 is 0 Å². The summed E-state index contributed by atoms with van der Waals surface area (Å²) in [4.78, 5) is 13.4. The molecule has 0 aromatic carbocycles. The Labute approximate surface area is 91.5 Å². The van der Waals surface area contributed by atoms with Crippen LogP contribution in [0.4, 0.5) is 0 Å². The predicted octanol–water partition coefficient (Wildman–Crippen LogP) is 0.906. The van der Waals surface area contributed by atoms with Crippen molar-refractivity contribution in [3.05, 3.63) is 0 Å². The van der Waals surface area contributed by atoms with Crippen LogP contribution in [0.5, 0.6) is 0 Å². The molecule has 1 aliphatic heterocycles. The van der Waals surface area contributed by atoms with Crippen molar-refractivity contribution in [1.29, 1.82) is 0 Å². The number of morpholine rings is 1.